The Morgan fingerprint density at radius 2 is 1.64 bits per heavy atom. The first-order chi connectivity index (χ1) is 13.2. The topological polar surface area (TPSA) is 95.6 Å². The maximum atomic E-state index is 12.5. The molecule has 2 atom stereocenters. The predicted molar refractivity (Wildman–Crippen MR) is 108 cm³/mol. The Bertz CT molecular complexity index is 1000. The van der Waals surface area contributed by atoms with Crippen LogP contribution >= 0.6 is 0 Å². The average Bonchev–Trinajstić information content (AvgIpc) is 3.39. The molecule has 0 saturated heterocycles. The van der Waals surface area contributed by atoms with Gasteiger partial charge in [-0.3, -0.25) is 9.59 Å². The van der Waals surface area contributed by atoms with Gasteiger partial charge >= 0.3 is 0 Å². The monoisotopic (exact) mass is 401 g/mol. The summed E-state index contributed by atoms with van der Waals surface area (Å²) in [6, 6.07) is 12.7. The van der Waals surface area contributed by atoms with Crippen LogP contribution in [0.3, 0.4) is 0 Å². The Morgan fingerprint density at radius 1 is 1.00 bits per heavy atom. The lowest BCUT2D eigenvalue weighted by atomic mass is 10.1. The summed E-state index contributed by atoms with van der Waals surface area (Å²) >= 11 is 0. The number of rotatable bonds is 6. The third-order valence-corrected chi connectivity index (χ3v) is 6.56. The number of hydrogen-bond donors (Lipinski definition) is 2. The van der Waals surface area contributed by atoms with E-state index in [0.29, 0.717) is 22.9 Å². The lowest BCUT2D eigenvalue weighted by Gasteiger charge is -2.12. The van der Waals surface area contributed by atoms with E-state index in [4.69, 9.17) is 0 Å². The van der Waals surface area contributed by atoms with Crippen LogP contribution < -0.4 is 10.6 Å². The summed E-state index contributed by atoms with van der Waals surface area (Å²) in [4.78, 5) is 24.7. The highest BCUT2D eigenvalue weighted by molar-refractivity contribution is 7.89. The van der Waals surface area contributed by atoms with E-state index >= 15 is 0 Å². The summed E-state index contributed by atoms with van der Waals surface area (Å²) in [6.45, 7) is 2.03. The van der Waals surface area contributed by atoms with Crippen molar-refractivity contribution in [3.05, 3.63) is 54.1 Å². The second kappa shape index (κ2) is 7.73. The van der Waals surface area contributed by atoms with E-state index < -0.39 is 10.0 Å². The molecule has 2 N–H and O–H groups in total. The second-order valence-corrected chi connectivity index (χ2v) is 9.31. The van der Waals surface area contributed by atoms with Crippen LogP contribution in [0.1, 0.15) is 23.7 Å². The van der Waals surface area contributed by atoms with E-state index in [-0.39, 0.29) is 22.6 Å². The van der Waals surface area contributed by atoms with Gasteiger partial charge in [-0.05, 0) is 54.8 Å². The first-order valence-corrected chi connectivity index (χ1v) is 10.4. The molecule has 2 unspecified atom stereocenters. The first-order valence-electron chi connectivity index (χ1n) is 8.93. The molecule has 2 amide bonds. The molecule has 2 aromatic rings. The minimum absolute atomic E-state index is 0.0252. The zero-order chi connectivity index (χ0) is 20.5. The molecule has 3 rings (SSSR count). The Kier molecular flexibility index (Phi) is 5.53. The number of sulfonamides is 1. The molecule has 0 spiro atoms. The van der Waals surface area contributed by atoms with E-state index in [0.717, 1.165) is 10.7 Å². The van der Waals surface area contributed by atoms with Crippen LogP contribution in [-0.4, -0.2) is 38.6 Å². The SMILES string of the molecule is CC1CC1C(=O)Nc1cccc(C(=O)Nc2ccc(S(=O)(=O)N(C)C)cc2)c1. The quantitative estimate of drug-likeness (QED) is 0.778. The van der Waals surface area contributed by atoms with Gasteiger partial charge in [-0.15, -0.1) is 0 Å². The van der Waals surface area contributed by atoms with Crippen molar-refractivity contribution in [1.29, 1.82) is 0 Å². The summed E-state index contributed by atoms with van der Waals surface area (Å²) in [5.41, 5.74) is 1.44. The standard InChI is InChI=1S/C20H23N3O4S/c1-13-11-18(13)20(25)22-16-6-4-5-14(12-16)19(24)21-15-7-9-17(10-8-15)28(26,27)23(2)3/h4-10,12-13,18H,11H2,1-3H3,(H,21,24)(H,22,25). The van der Waals surface area contributed by atoms with E-state index in [1.54, 1.807) is 24.3 Å². The Morgan fingerprint density at radius 3 is 2.21 bits per heavy atom. The number of anilines is 2. The second-order valence-electron chi connectivity index (χ2n) is 7.16. The van der Waals surface area contributed by atoms with E-state index in [1.165, 1.54) is 38.4 Å². The molecule has 28 heavy (non-hydrogen) atoms. The fourth-order valence-electron chi connectivity index (χ4n) is 2.78. The Hall–Kier alpha value is -2.71. The molecular formula is C20H23N3O4S. The molecule has 1 aliphatic rings. The van der Waals surface area contributed by atoms with Gasteiger partial charge in [-0.1, -0.05) is 13.0 Å². The summed E-state index contributed by atoms with van der Waals surface area (Å²) in [6.07, 6.45) is 0.894. The largest absolute Gasteiger partial charge is 0.326 e. The summed E-state index contributed by atoms with van der Waals surface area (Å²) in [7, 11) is -0.599. The zero-order valence-electron chi connectivity index (χ0n) is 16.0. The van der Waals surface area contributed by atoms with Crippen LogP contribution in [0.25, 0.3) is 0 Å². The normalized spacial score (nSPS) is 18.6. The molecule has 0 aliphatic heterocycles. The first kappa shape index (κ1) is 20.0. The number of amides is 2. The molecule has 7 nitrogen and oxygen atoms in total. The molecule has 2 aromatic carbocycles. The molecule has 148 valence electrons. The third-order valence-electron chi connectivity index (χ3n) is 4.73. The molecule has 0 bridgehead atoms. The van der Waals surface area contributed by atoms with Crippen LogP contribution in [0.2, 0.25) is 0 Å². The minimum atomic E-state index is -3.52. The van der Waals surface area contributed by atoms with E-state index in [1.807, 2.05) is 6.92 Å². The molecule has 1 fully saturated rings. The smallest absolute Gasteiger partial charge is 0.255 e. The summed E-state index contributed by atoms with van der Waals surface area (Å²) in [5, 5.41) is 5.57. The van der Waals surface area contributed by atoms with Crippen LogP contribution in [0.4, 0.5) is 11.4 Å². The van der Waals surface area contributed by atoms with Gasteiger partial charge in [-0.2, -0.15) is 0 Å². The molecular weight excluding hydrogens is 378 g/mol. The minimum Gasteiger partial charge on any atom is -0.326 e. The van der Waals surface area contributed by atoms with Crippen molar-refractivity contribution < 1.29 is 18.0 Å². The van der Waals surface area contributed by atoms with Crippen molar-refractivity contribution in [2.75, 3.05) is 24.7 Å². The van der Waals surface area contributed by atoms with Crippen molar-refractivity contribution in [3.63, 3.8) is 0 Å². The number of carbonyl (C=O) groups excluding carboxylic acids is 2. The van der Waals surface area contributed by atoms with Crippen LogP contribution in [0.15, 0.2) is 53.4 Å². The van der Waals surface area contributed by atoms with Gasteiger partial charge in [0.05, 0.1) is 4.90 Å². The molecule has 0 aromatic heterocycles. The van der Waals surface area contributed by atoms with E-state index in [2.05, 4.69) is 10.6 Å². The highest BCUT2D eigenvalue weighted by Gasteiger charge is 2.39. The number of hydrogen-bond acceptors (Lipinski definition) is 4. The predicted octanol–water partition coefficient (Wildman–Crippen LogP) is 2.78. The molecule has 8 heteroatoms. The highest BCUT2D eigenvalue weighted by atomic mass is 32.2. The van der Waals surface area contributed by atoms with Crippen molar-refractivity contribution in [1.82, 2.24) is 4.31 Å². The zero-order valence-corrected chi connectivity index (χ0v) is 16.8. The van der Waals surface area contributed by atoms with Gasteiger partial charge in [0.1, 0.15) is 0 Å². The fourth-order valence-corrected chi connectivity index (χ4v) is 3.69. The average molecular weight is 401 g/mol. The Balaban J connectivity index is 1.68. The maximum absolute atomic E-state index is 12.5. The maximum Gasteiger partial charge on any atom is 0.255 e. The number of carbonyl (C=O) groups is 2. The summed E-state index contributed by atoms with van der Waals surface area (Å²) in [5.74, 6) is 0.0852. The molecule has 1 aliphatic carbocycles. The molecule has 1 saturated carbocycles. The molecule has 0 heterocycles. The van der Waals surface area contributed by atoms with Gasteiger partial charge in [0, 0.05) is 37.0 Å². The van der Waals surface area contributed by atoms with Gasteiger partial charge < -0.3 is 10.6 Å². The van der Waals surface area contributed by atoms with Crippen LogP contribution in [0, 0.1) is 11.8 Å². The number of benzene rings is 2. The highest BCUT2D eigenvalue weighted by Crippen LogP contribution is 2.38. The number of nitrogens with zero attached hydrogens (tertiary/aromatic N) is 1. The third kappa shape index (κ3) is 4.40. The lowest BCUT2D eigenvalue weighted by Crippen LogP contribution is -2.22. The van der Waals surface area contributed by atoms with Crippen molar-refractivity contribution >= 4 is 33.2 Å². The van der Waals surface area contributed by atoms with E-state index in [9.17, 15) is 18.0 Å². The fraction of sp³-hybridized carbons (Fsp3) is 0.300. The van der Waals surface area contributed by atoms with Gasteiger partial charge in [-0.25, -0.2) is 12.7 Å². The van der Waals surface area contributed by atoms with Gasteiger partial charge in [0.15, 0.2) is 0 Å². The van der Waals surface area contributed by atoms with Crippen molar-refractivity contribution in [2.45, 2.75) is 18.2 Å². The molecule has 0 radical (unpaired) electrons. The van der Waals surface area contributed by atoms with Crippen LogP contribution in [-0.2, 0) is 14.8 Å². The van der Waals surface area contributed by atoms with Crippen molar-refractivity contribution in [3.8, 4) is 0 Å². The van der Waals surface area contributed by atoms with Crippen LogP contribution in [0.5, 0.6) is 0 Å². The number of nitrogens with one attached hydrogen (secondary N) is 2. The Labute approximate surface area is 164 Å². The summed E-state index contributed by atoms with van der Waals surface area (Å²) < 4.78 is 25.3. The lowest BCUT2D eigenvalue weighted by molar-refractivity contribution is -0.117. The van der Waals surface area contributed by atoms with Gasteiger partial charge in [0.2, 0.25) is 15.9 Å². The van der Waals surface area contributed by atoms with Gasteiger partial charge in [0.25, 0.3) is 5.91 Å². The van der Waals surface area contributed by atoms with Crippen molar-refractivity contribution in [2.24, 2.45) is 11.8 Å².